The number of carbonyl (C=O) groups excluding carboxylic acids is 2. The Morgan fingerprint density at radius 1 is 0.689 bits per heavy atom. The van der Waals surface area contributed by atoms with E-state index in [0.717, 1.165) is 5.56 Å². The van der Waals surface area contributed by atoms with Crippen molar-refractivity contribution in [2.75, 3.05) is 49.2 Å². The van der Waals surface area contributed by atoms with Crippen molar-refractivity contribution in [3.8, 4) is 23.0 Å². The Hall–Kier alpha value is -4.78. The van der Waals surface area contributed by atoms with Crippen molar-refractivity contribution in [1.82, 2.24) is 4.31 Å². The Bertz CT molecular complexity index is 2660. The molecule has 0 saturated heterocycles. The first-order chi connectivity index (χ1) is 28.9. The molecule has 20 heteroatoms. The van der Waals surface area contributed by atoms with Gasteiger partial charge in [-0.2, -0.15) is 12.7 Å². The number of carbonyl (C=O) groups is 2. The maximum absolute atomic E-state index is 13.2. The lowest BCUT2D eigenvalue weighted by Crippen LogP contribution is -2.38. The monoisotopic (exact) mass is 951 g/mol. The minimum absolute atomic E-state index is 0.0489. The van der Waals surface area contributed by atoms with Crippen molar-refractivity contribution in [2.45, 2.75) is 30.2 Å². The Labute approximate surface area is 372 Å². The second-order valence-corrected chi connectivity index (χ2v) is 18.3. The first-order valence-corrected chi connectivity index (χ1v) is 22.8. The summed E-state index contributed by atoms with van der Waals surface area (Å²) in [6, 6.07) is 23.2. The number of amides is 2. The average Bonchev–Trinajstić information content (AvgIpc) is 3.24. The summed E-state index contributed by atoms with van der Waals surface area (Å²) in [6.45, 7) is 5.29. The van der Waals surface area contributed by atoms with E-state index < -0.39 is 32.0 Å². The molecule has 2 aliphatic rings. The average molecular weight is 954 g/mol. The topological polar surface area (TPSA) is 180 Å². The molecule has 2 aliphatic heterocycles. The summed E-state index contributed by atoms with van der Waals surface area (Å²) in [5.74, 6) is -0.225. The molecule has 2 amide bonds. The normalized spacial score (nSPS) is 13.6. The Kier molecular flexibility index (Phi) is 14.3. The fourth-order valence-electron chi connectivity index (χ4n) is 6.40. The predicted octanol–water partition coefficient (Wildman–Crippen LogP) is 8.63. The van der Waals surface area contributed by atoms with E-state index in [-0.39, 0.29) is 91.1 Å². The highest BCUT2D eigenvalue weighted by molar-refractivity contribution is 7.89. The number of hydrogen-bond acceptors (Lipinski definition) is 10. The first kappa shape index (κ1) is 45.7. The molecule has 0 saturated carbocycles. The molecule has 0 fully saturated rings. The number of anilines is 2. The van der Waals surface area contributed by atoms with Gasteiger partial charge in [0.15, 0.2) is 11.5 Å². The number of hydrogen-bond donors (Lipinski definition) is 2. The summed E-state index contributed by atoms with van der Waals surface area (Å²) in [5.41, 5.74) is 1.85. The Balaban J connectivity index is 0.000000205. The standard InChI is InChI=1S/C22H17Cl2NO6S.C19H20Cl2N2O5S/c23-17-10-15(11-18(24)21(17)31-13-14-4-2-1-3-5-14)22(26)25-8-9-30-20-7-6-16(12-19(20)25)32(27,28)29;1-3-22(4-2)29(26,27)13-5-6-17-16(11-13)23(7-8-28-17)19(25)12-9-14(20)18(24)15(21)10-12/h1-7,10-12H,8-9,13H2,(H,27,28,29);5-6,9-11,24H,3-4,7-8H2,1-2H3. The van der Waals surface area contributed by atoms with E-state index in [2.05, 4.69) is 0 Å². The minimum Gasteiger partial charge on any atom is -0.505 e. The van der Waals surface area contributed by atoms with Crippen LogP contribution in [0, 0.1) is 0 Å². The number of rotatable bonds is 10. The molecule has 5 aromatic rings. The molecule has 61 heavy (non-hydrogen) atoms. The van der Waals surface area contributed by atoms with Gasteiger partial charge in [0.2, 0.25) is 10.0 Å². The van der Waals surface area contributed by atoms with Crippen LogP contribution >= 0.6 is 46.4 Å². The van der Waals surface area contributed by atoms with Crippen molar-refractivity contribution < 1.29 is 50.3 Å². The minimum atomic E-state index is -4.45. The molecule has 0 spiro atoms. The van der Waals surface area contributed by atoms with Crippen molar-refractivity contribution >= 4 is 89.7 Å². The van der Waals surface area contributed by atoms with Gasteiger partial charge in [-0.1, -0.05) is 90.6 Å². The van der Waals surface area contributed by atoms with Crippen molar-refractivity contribution in [3.05, 3.63) is 128 Å². The van der Waals surface area contributed by atoms with E-state index in [0.29, 0.717) is 30.3 Å². The largest absolute Gasteiger partial charge is 0.505 e. The van der Waals surface area contributed by atoms with Gasteiger partial charge in [0, 0.05) is 24.2 Å². The first-order valence-electron chi connectivity index (χ1n) is 18.4. The number of phenolic OH excluding ortho intramolecular Hbond substituents is 1. The van der Waals surface area contributed by atoms with E-state index in [9.17, 15) is 36.1 Å². The fourth-order valence-corrected chi connectivity index (χ4v) is 9.46. The molecular formula is C41H37Cl4N3O11S2. The molecule has 7 rings (SSSR count). The second-order valence-electron chi connectivity index (χ2n) is 13.3. The van der Waals surface area contributed by atoms with Gasteiger partial charge in [-0.05, 0) is 66.2 Å². The maximum Gasteiger partial charge on any atom is 0.294 e. The van der Waals surface area contributed by atoms with Crippen LogP contribution in [0.1, 0.15) is 40.1 Å². The Morgan fingerprint density at radius 3 is 1.62 bits per heavy atom. The molecule has 0 radical (unpaired) electrons. The summed E-state index contributed by atoms with van der Waals surface area (Å²) in [7, 11) is -8.15. The number of phenols is 1. The van der Waals surface area contributed by atoms with Crippen LogP contribution < -0.4 is 24.0 Å². The highest BCUT2D eigenvalue weighted by atomic mass is 35.5. The SMILES string of the molecule is CCN(CC)S(=O)(=O)c1ccc2c(c1)N(C(=O)c1cc(Cl)c(O)c(Cl)c1)CCO2.O=C(c1cc(Cl)c(OCc2ccccc2)c(Cl)c1)N1CCOc2ccc(S(=O)(=O)O)cc21. The summed E-state index contributed by atoms with van der Waals surface area (Å²) in [4.78, 5) is 28.8. The number of nitrogens with zero attached hydrogens (tertiary/aromatic N) is 3. The smallest absolute Gasteiger partial charge is 0.294 e. The van der Waals surface area contributed by atoms with E-state index >= 15 is 0 Å². The molecule has 5 aromatic carbocycles. The lowest BCUT2D eigenvalue weighted by atomic mass is 10.1. The molecule has 14 nitrogen and oxygen atoms in total. The third-order valence-corrected chi connectivity index (χ3v) is 13.5. The zero-order valence-corrected chi connectivity index (χ0v) is 37.0. The number of benzene rings is 5. The quantitative estimate of drug-likeness (QED) is 0.128. The third kappa shape index (κ3) is 10.1. The zero-order valence-electron chi connectivity index (χ0n) is 32.3. The van der Waals surface area contributed by atoms with Crippen LogP contribution in [0.5, 0.6) is 23.0 Å². The highest BCUT2D eigenvalue weighted by Gasteiger charge is 2.31. The summed E-state index contributed by atoms with van der Waals surface area (Å²) in [6.07, 6.45) is 0. The summed E-state index contributed by atoms with van der Waals surface area (Å²) >= 11 is 24.6. The number of fused-ring (bicyclic) bond motifs is 2. The molecule has 0 unspecified atom stereocenters. The summed E-state index contributed by atoms with van der Waals surface area (Å²) in [5, 5.41) is 9.96. The number of halogens is 4. The van der Waals surface area contributed by atoms with Gasteiger partial charge in [-0.25, -0.2) is 8.42 Å². The lowest BCUT2D eigenvalue weighted by Gasteiger charge is -2.30. The van der Waals surface area contributed by atoms with Crippen LogP contribution in [0.15, 0.2) is 101 Å². The fraction of sp³-hybridized carbons (Fsp3) is 0.220. The molecule has 0 aliphatic carbocycles. The van der Waals surface area contributed by atoms with Crippen LogP contribution in [-0.2, 0) is 26.7 Å². The van der Waals surface area contributed by atoms with Gasteiger partial charge in [-0.15, -0.1) is 0 Å². The molecule has 0 aromatic heterocycles. The molecule has 322 valence electrons. The number of aromatic hydroxyl groups is 1. The van der Waals surface area contributed by atoms with Crippen molar-refractivity contribution in [1.29, 1.82) is 0 Å². The molecular weight excluding hydrogens is 916 g/mol. The predicted molar refractivity (Wildman–Crippen MR) is 233 cm³/mol. The van der Waals surface area contributed by atoms with Crippen molar-refractivity contribution in [3.63, 3.8) is 0 Å². The van der Waals surface area contributed by atoms with E-state index in [1.165, 1.54) is 68.7 Å². The van der Waals surface area contributed by atoms with Crippen LogP contribution in [0.2, 0.25) is 20.1 Å². The molecule has 2 N–H and O–H groups in total. The van der Waals surface area contributed by atoms with Crippen LogP contribution in [0.3, 0.4) is 0 Å². The highest BCUT2D eigenvalue weighted by Crippen LogP contribution is 2.40. The molecule has 2 heterocycles. The van der Waals surface area contributed by atoms with E-state index in [4.69, 9.17) is 60.6 Å². The van der Waals surface area contributed by atoms with Gasteiger partial charge >= 0.3 is 0 Å². The zero-order chi connectivity index (χ0) is 44.2. The second kappa shape index (κ2) is 19.1. The van der Waals surface area contributed by atoms with Crippen LogP contribution in [-0.4, -0.2) is 82.0 Å². The van der Waals surface area contributed by atoms with Crippen molar-refractivity contribution in [2.24, 2.45) is 0 Å². The lowest BCUT2D eigenvalue weighted by molar-refractivity contribution is 0.0969. The van der Waals surface area contributed by atoms with Gasteiger partial charge in [0.25, 0.3) is 21.9 Å². The van der Waals surface area contributed by atoms with Gasteiger partial charge in [0.05, 0.1) is 54.3 Å². The van der Waals surface area contributed by atoms with E-state index in [1.54, 1.807) is 19.9 Å². The molecule has 0 bridgehead atoms. The third-order valence-electron chi connectivity index (χ3n) is 9.45. The van der Waals surface area contributed by atoms with E-state index in [1.807, 2.05) is 30.3 Å². The summed E-state index contributed by atoms with van der Waals surface area (Å²) < 4.78 is 76.3. The maximum atomic E-state index is 13.2. The van der Waals surface area contributed by atoms with Gasteiger partial charge in [-0.3, -0.25) is 14.1 Å². The van der Waals surface area contributed by atoms with Crippen LogP contribution in [0.25, 0.3) is 0 Å². The van der Waals surface area contributed by atoms with Crippen LogP contribution in [0.4, 0.5) is 11.4 Å². The number of sulfonamides is 1. The number of ether oxygens (including phenoxy) is 3. The Morgan fingerprint density at radius 2 is 1.15 bits per heavy atom. The van der Waals surface area contributed by atoms with Gasteiger partial charge in [0.1, 0.15) is 31.3 Å². The molecule has 0 atom stereocenters. The van der Waals surface area contributed by atoms with Gasteiger partial charge < -0.3 is 29.1 Å².